The van der Waals surface area contributed by atoms with Crippen LogP contribution in [-0.2, 0) is 14.4 Å². The monoisotopic (exact) mass is 417 g/mol. The molecule has 93 valence electrons. The molecular formula is C6H12O6PrS3. The van der Waals surface area contributed by atoms with Crippen LogP contribution in [0.2, 0.25) is 0 Å². The van der Waals surface area contributed by atoms with Crippen LogP contribution in [0.3, 0.4) is 0 Å². The van der Waals surface area contributed by atoms with E-state index in [1.54, 1.807) is 0 Å². The molecule has 10 heteroatoms. The maximum Gasteiger partial charge on any atom is 0.313 e. The van der Waals surface area contributed by atoms with Gasteiger partial charge in [-0.15, -0.1) is 0 Å². The van der Waals surface area contributed by atoms with E-state index in [0.717, 1.165) is 0 Å². The van der Waals surface area contributed by atoms with Crippen molar-refractivity contribution in [1.82, 2.24) is 0 Å². The molecule has 0 saturated heterocycles. The van der Waals surface area contributed by atoms with E-state index in [1.807, 2.05) is 0 Å². The van der Waals surface area contributed by atoms with Crippen LogP contribution in [-0.4, -0.2) is 50.5 Å². The Morgan fingerprint density at radius 2 is 0.750 bits per heavy atom. The molecule has 0 aliphatic heterocycles. The summed E-state index contributed by atoms with van der Waals surface area (Å²) in [5.74, 6) is -2.89. The van der Waals surface area contributed by atoms with E-state index in [-0.39, 0.29) is 58.6 Å². The van der Waals surface area contributed by atoms with Crippen LogP contribution < -0.4 is 0 Å². The molecule has 0 fully saturated rings. The van der Waals surface area contributed by atoms with Crippen LogP contribution in [0, 0.1) is 41.3 Å². The molecule has 0 bridgehead atoms. The quantitative estimate of drug-likeness (QED) is 0.361. The molecule has 0 spiro atoms. The molecule has 0 aliphatic rings. The van der Waals surface area contributed by atoms with E-state index in [1.165, 1.54) is 0 Å². The maximum atomic E-state index is 9.29. The molecular weight excluding hydrogens is 405 g/mol. The molecule has 0 rings (SSSR count). The zero-order chi connectivity index (χ0) is 12.9. The van der Waals surface area contributed by atoms with Gasteiger partial charge in [0.25, 0.3) is 0 Å². The molecule has 6 nitrogen and oxygen atoms in total. The number of aliphatic carboxylic acids is 3. The normalized spacial score (nSPS) is 6.94. The first-order chi connectivity index (χ1) is 6.81. The van der Waals surface area contributed by atoms with E-state index < -0.39 is 17.9 Å². The number of rotatable bonds is 3. The minimum Gasteiger partial charge on any atom is -0.481 e. The molecule has 0 amide bonds. The summed E-state index contributed by atoms with van der Waals surface area (Å²) in [6.07, 6.45) is 0. The topological polar surface area (TPSA) is 112 Å². The number of carboxylic acid groups (broad SMARTS) is 3. The van der Waals surface area contributed by atoms with Crippen molar-refractivity contribution in [2.24, 2.45) is 0 Å². The molecule has 0 aliphatic carbocycles. The van der Waals surface area contributed by atoms with Crippen molar-refractivity contribution in [2.45, 2.75) is 0 Å². The van der Waals surface area contributed by atoms with Gasteiger partial charge in [0.05, 0.1) is 17.3 Å². The van der Waals surface area contributed by atoms with Crippen LogP contribution in [0.4, 0.5) is 0 Å². The van der Waals surface area contributed by atoms with Crippen molar-refractivity contribution < 1.29 is 71.0 Å². The van der Waals surface area contributed by atoms with Crippen molar-refractivity contribution in [3.63, 3.8) is 0 Å². The van der Waals surface area contributed by atoms with Gasteiger partial charge in [0.15, 0.2) is 0 Å². The first-order valence-electron chi connectivity index (χ1n) is 3.29. The second kappa shape index (κ2) is 21.1. The SMILES string of the molecule is O=C(O)CS.O=C(O)CS.O=C(O)CS.[Pr]. The first-order valence-corrected chi connectivity index (χ1v) is 5.19. The molecule has 1 radical (unpaired) electrons. The van der Waals surface area contributed by atoms with Crippen molar-refractivity contribution in [3.8, 4) is 0 Å². The molecule has 0 aromatic rings. The fraction of sp³-hybridized carbons (Fsp3) is 0.500. The third-order valence-corrected chi connectivity index (χ3v) is 1.22. The van der Waals surface area contributed by atoms with E-state index in [9.17, 15) is 14.4 Å². The Morgan fingerprint density at radius 1 is 0.688 bits per heavy atom. The molecule has 0 unspecified atom stereocenters. The summed E-state index contributed by atoms with van der Waals surface area (Å²) in [4.78, 5) is 27.9. The summed E-state index contributed by atoms with van der Waals surface area (Å²) >= 11 is 10.2. The number of hydrogen-bond donors (Lipinski definition) is 6. The number of thiol groups is 3. The van der Waals surface area contributed by atoms with Gasteiger partial charge < -0.3 is 15.3 Å². The molecule has 0 aromatic heterocycles. The zero-order valence-electron chi connectivity index (χ0n) is 8.11. The summed E-state index contributed by atoms with van der Waals surface area (Å²) in [7, 11) is 0. The van der Waals surface area contributed by atoms with Crippen molar-refractivity contribution in [2.75, 3.05) is 17.3 Å². The van der Waals surface area contributed by atoms with Gasteiger partial charge in [0.1, 0.15) is 0 Å². The predicted octanol–water partition coefficient (Wildman–Crippen LogP) is 0.00240. The van der Waals surface area contributed by atoms with E-state index in [2.05, 4.69) is 37.9 Å². The van der Waals surface area contributed by atoms with Crippen LogP contribution >= 0.6 is 37.9 Å². The summed E-state index contributed by atoms with van der Waals surface area (Å²) in [5, 5.41) is 22.9. The van der Waals surface area contributed by atoms with Gasteiger partial charge in [-0.25, -0.2) is 0 Å². The number of hydrogen-bond acceptors (Lipinski definition) is 6. The minimum absolute atomic E-state index is 0. The Kier molecular flexibility index (Phi) is 33.9. The third-order valence-electron chi connectivity index (χ3n) is 0.406. The van der Waals surface area contributed by atoms with Gasteiger partial charge in [-0.2, -0.15) is 37.9 Å². The van der Waals surface area contributed by atoms with Crippen LogP contribution in [0.25, 0.3) is 0 Å². The predicted molar refractivity (Wildman–Crippen MR) is 64.5 cm³/mol. The van der Waals surface area contributed by atoms with Gasteiger partial charge in [0, 0.05) is 41.3 Å². The molecule has 0 aromatic carbocycles. The average Bonchev–Trinajstić information content (AvgIpc) is 2.19. The molecule has 16 heavy (non-hydrogen) atoms. The summed E-state index contributed by atoms with van der Waals surface area (Å²) < 4.78 is 0. The molecule has 0 heterocycles. The van der Waals surface area contributed by atoms with Crippen LogP contribution in [0.5, 0.6) is 0 Å². The zero-order valence-corrected chi connectivity index (χ0v) is 14.5. The van der Waals surface area contributed by atoms with Crippen molar-refractivity contribution >= 4 is 55.8 Å². The fourth-order valence-electron chi connectivity index (χ4n) is 0. The second-order valence-corrected chi connectivity index (χ2v) is 2.60. The summed E-state index contributed by atoms with van der Waals surface area (Å²) in [6, 6.07) is 0. The van der Waals surface area contributed by atoms with Gasteiger partial charge >= 0.3 is 17.9 Å². The molecule has 3 N–H and O–H groups in total. The Balaban J connectivity index is -0.0000000655. The number of carbonyl (C=O) groups is 3. The second-order valence-electron chi connectivity index (χ2n) is 1.66. The van der Waals surface area contributed by atoms with Gasteiger partial charge in [-0.1, -0.05) is 0 Å². The fourth-order valence-corrected chi connectivity index (χ4v) is 0. The number of carboxylic acids is 3. The van der Waals surface area contributed by atoms with Gasteiger partial charge in [-0.05, 0) is 0 Å². The van der Waals surface area contributed by atoms with Crippen molar-refractivity contribution in [3.05, 3.63) is 0 Å². The minimum atomic E-state index is -0.881. The molecule has 0 saturated carbocycles. The van der Waals surface area contributed by atoms with Crippen LogP contribution in [0.1, 0.15) is 0 Å². The van der Waals surface area contributed by atoms with E-state index in [4.69, 9.17) is 15.3 Å². The first kappa shape index (κ1) is 25.6. The molecule has 0 atom stereocenters. The average molecular weight is 417 g/mol. The summed E-state index contributed by atoms with van der Waals surface area (Å²) in [6.45, 7) is 0. The summed E-state index contributed by atoms with van der Waals surface area (Å²) in [5.41, 5.74) is 0. The third kappa shape index (κ3) is 60.8. The standard InChI is InChI=1S/3C2H4O2S.Pr/c3*3-2(4)1-5;/h3*5H,1H2,(H,3,4);. The Labute approximate surface area is 142 Å². The largest absolute Gasteiger partial charge is 0.481 e. The van der Waals surface area contributed by atoms with Crippen molar-refractivity contribution in [1.29, 1.82) is 0 Å². The van der Waals surface area contributed by atoms with Gasteiger partial charge in [0.2, 0.25) is 0 Å². The van der Waals surface area contributed by atoms with Crippen LogP contribution in [0.15, 0.2) is 0 Å². The Bertz CT molecular complexity index is 167. The van der Waals surface area contributed by atoms with Gasteiger partial charge in [-0.3, -0.25) is 14.4 Å². The Morgan fingerprint density at radius 3 is 0.750 bits per heavy atom. The Hall–Kier alpha value is 0.824. The van der Waals surface area contributed by atoms with E-state index >= 15 is 0 Å². The maximum absolute atomic E-state index is 9.29. The van der Waals surface area contributed by atoms with E-state index in [0.29, 0.717) is 0 Å². The smallest absolute Gasteiger partial charge is 0.313 e.